The van der Waals surface area contributed by atoms with E-state index in [0.717, 1.165) is 0 Å². The summed E-state index contributed by atoms with van der Waals surface area (Å²) in [5.41, 5.74) is 0.307. The van der Waals surface area contributed by atoms with Crippen molar-refractivity contribution >= 4 is 17.8 Å². The van der Waals surface area contributed by atoms with Crippen LogP contribution >= 0.6 is 0 Å². The van der Waals surface area contributed by atoms with Crippen molar-refractivity contribution in [2.75, 3.05) is 32.7 Å². The first-order valence-corrected chi connectivity index (χ1v) is 4.91. The highest BCUT2D eigenvalue weighted by molar-refractivity contribution is 5.95. The van der Waals surface area contributed by atoms with Crippen molar-refractivity contribution in [3.8, 4) is 0 Å². The average Bonchev–Trinajstić information content (AvgIpc) is 2.37. The van der Waals surface area contributed by atoms with Gasteiger partial charge in [-0.2, -0.15) is 0 Å². The number of anilines is 1. The molecule has 6 nitrogen and oxygen atoms in total. The lowest BCUT2D eigenvalue weighted by atomic mass is 10.2. The molecule has 0 saturated carbocycles. The molecule has 0 spiro atoms. The number of carbonyl (C=O) groups is 2. The van der Waals surface area contributed by atoms with E-state index in [4.69, 9.17) is 0 Å². The summed E-state index contributed by atoms with van der Waals surface area (Å²) < 4.78 is 9.18. The highest BCUT2D eigenvalue weighted by Gasteiger charge is 2.17. The Balaban J connectivity index is 2.96. The molecule has 0 saturated heterocycles. The van der Waals surface area contributed by atoms with Gasteiger partial charge in [0.25, 0.3) is 0 Å². The summed E-state index contributed by atoms with van der Waals surface area (Å²) in [5.74, 6) is -0.525. The molecule has 0 aliphatic carbocycles. The maximum atomic E-state index is 11.5. The van der Waals surface area contributed by atoms with Gasteiger partial charge < -0.3 is 14.4 Å². The maximum absolute atomic E-state index is 11.5. The largest absolute Gasteiger partial charge is 0.468 e. The van der Waals surface area contributed by atoms with E-state index in [1.165, 1.54) is 25.3 Å². The van der Waals surface area contributed by atoms with Crippen LogP contribution in [0.3, 0.4) is 0 Å². The van der Waals surface area contributed by atoms with Gasteiger partial charge in [-0.25, -0.2) is 9.78 Å². The van der Waals surface area contributed by atoms with E-state index in [0.29, 0.717) is 11.4 Å². The third-order valence-corrected chi connectivity index (χ3v) is 2.15. The van der Waals surface area contributed by atoms with Gasteiger partial charge in [0, 0.05) is 13.2 Å². The Morgan fingerprint density at radius 1 is 1.35 bits per heavy atom. The molecule has 1 aromatic heterocycles. The van der Waals surface area contributed by atoms with Crippen LogP contribution in [-0.2, 0) is 14.3 Å². The molecule has 0 N–H and O–H groups in total. The molecule has 0 fully saturated rings. The fourth-order valence-electron chi connectivity index (χ4n) is 1.30. The fourth-order valence-corrected chi connectivity index (χ4v) is 1.30. The molecule has 0 aliphatic rings. The Kier molecular flexibility index (Phi) is 4.45. The molecule has 92 valence electrons. The number of ether oxygens (including phenoxy) is 2. The van der Waals surface area contributed by atoms with Crippen LogP contribution < -0.4 is 4.90 Å². The number of esters is 2. The van der Waals surface area contributed by atoms with Crippen molar-refractivity contribution < 1.29 is 19.1 Å². The molecule has 0 atom stereocenters. The molecular formula is C11H14N2O4. The van der Waals surface area contributed by atoms with Crippen LogP contribution in [0.4, 0.5) is 5.82 Å². The van der Waals surface area contributed by atoms with E-state index in [1.807, 2.05) is 0 Å². The lowest BCUT2D eigenvalue weighted by Gasteiger charge is -2.18. The second kappa shape index (κ2) is 5.83. The molecule has 1 heterocycles. The van der Waals surface area contributed by atoms with Crippen molar-refractivity contribution in [2.24, 2.45) is 0 Å². The second-order valence-electron chi connectivity index (χ2n) is 3.30. The number of hydrogen-bond donors (Lipinski definition) is 0. The molecule has 0 aliphatic heterocycles. The highest BCUT2D eigenvalue weighted by atomic mass is 16.5. The summed E-state index contributed by atoms with van der Waals surface area (Å²) in [7, 11) is 4.24. The second-order valence-corrected chi connectivity index (χ2v) is 3.30. The van der Waals surface area contributed by atoms with Crippen LogP contribution in [0.2, 0.25) is 0 Å². The van der Waals surface area contributed by atoms with Gasteiger partial charge in [0.15, 0.2) is 0 Å². The zero-order valence-corrected chi connectivity index (χ0v) is 9.97. The van der Waals surface area contributed by atoms with Crippen LogP contribution in [0, 0.1) is 0 Å². The lowest BCUT2D eigenvalue weighted by Crippen LogP contribution is -2.28. The van der Waals surface area contributed by atoms with Gasteiger partial charge in [0.05, 0.1) is 14.2 Å². The zero-order valence-electron chi connectivity index (χ0n) is 9.97. The molecule has 1 aromatic rings. The van der Waals surface area contributed by atoms with Gasteiger partial charge in [0.2, 0.25) is 0 Å². The first kappa shape index (κ1) is 13.0. The van der Waals surface area contributed by atoms with Gasteiger partial charge in [-0.15, -0.1) is 0 Å². The molecule has 0 unspecified atom stereocenters. The molecule has 17 heavy (non-hydrogen) atoms. The van der Waals surface area contributed by atoms with Crippen LogP contribution in [-0.4, -0.2) is 44.7 Å². The quantitative estimate of drug-likeness (QED) is 0.710. The number of rotatable bonds is 4. The third kappa shape index (κ3) is 3.17. The molecule has 1 rings (SSSR count). The average molecular weight is 238 g/mol. The van der Waals surface area contributed by atoms with Crippen molar-refractivity contribution in [1.29, 1.82) is 0 Å². The van der Waals surface area contributed by atoms with Crippen molar-refractivity contribution in [1.82, 2.24) is 4.98 Å². The first-order chi connectivity index (χ1) is 8.10. The van der Waals surface area contributed by atoms with Crippen LogP contribution in [0.1, 0.15) is 10.4 Å². The predicted octanol–water partition coefficient (Wildman–Crippen LogP) is 0.477. The summed E-state index contributed by atoms with van der Waals surface area (Å²) in [6.07, 6.45) is 1.54. The standard InChI is InChI=1S/C11H14N2O4/c1-13(7-9(14)16-2)10-8(11(15)17-3)5-4-6-12-10/h4-6H,7H2,1-3H3. The smallest absolute Gasteiger partial charge is 0.341 e. The maximum Gasteiger partial charge on any atom is 0.341 e. The minimum Gasteiger partial charge on any atom is -0.468 e. The normalized spacial score (nSPS) is 9.59. The van der Waals surface area contributed by atoms with E-state index in [1.54, 1.807) is 19.2 Å². The number of aromatic nitrogens is 1. The van der Waals surface area contributed by atoms with E-state index in [9.17, 15) is 9.59 Å². The molecular weight excluding hydrogens is 224 g/mol. The van der Waals surface area contributed by atoms with Gasteiger partial charge in [0.1, 0.15) is 17.9 Å². The van der Waals surface area contributed by atoms with Crippen LogP contribution in [0.25, 0.3) is 0 Å². The molecule has 0 aromatic carbocycles. The van der Waals surface area contributed by atoms with Gasteiger partial charge in [-0.3, -0.25) is 4.79 Å². The van der Waals surface area contributed by atoms with E-state index < -0.39 is 11.9 Å². The molecule has 6 heteroatoms. The van der Waals surface area contributed by atoms with Gasteiger partial charge in [-0.05, 0) is 12.1 Å². The third-order valence-electron chi connectivity index (χ3n) is 2.15. The van der Waals surface area contributed by atoms with Crippen LogP contribution in [0.5, 0.6) is 0 Å². The summed E-state index contributed by atoms with van der Waals surface area (Å²) in [4.78, 5) is 28.2. The van der Waals surface area contributed by atoms with E-state index in [-0.39, 0.29) is 6.54 Å². The topological polar surface area (TPSA) is 68.7 Å². The van der Waals surface area contributed by atoms with Crippen molar-refractivity contribution in [3.63, 3.8) is 0 Å². The van der Waals surface area contributed by atoms with E-state index in [2.05, 4.69) is 14.5 Å². The Hall–Kier alpha value is -2.11. The minimum absolute atomic E-state index is 0.0114. The number of pyridine rings is 1. The summed E-state index contributed by atoms with van der Waals surface area (Å²) in [6.45, 7) is 0.0114. The fraction of sp³-hybridized carbons (Fsp3) is 0.364. The Morgan fingerprint density at radius 3 is 2.65 bits per heavy atom. The van der Waals surface area contributed by atoms with Crippen molar-refractivity contribution in [2.45, 2.75) is 0 Å². The van der Waals surface area contributed by atoms with Gasteiger partial charge in [-0.1, -0.05) is 0 Å². The van der Waals surface area contributed by atoms with Crippen LogP contribution in [0.15, 0.2) is 18.3 Å². The molecule has 0 amide bonds. The number of nitrogens with zero attached hydrogens (tertiary/aromatic N) is 2. The number of likely N-dealkylation sites (N-methyl/N-ethyl adjacent to an activating group) is 1. The summed E-state index contributed by atoms with van der Waals surface area (Å²) in [5, 5.41) is 0. The zero-order chi connectivity index (χ0) is 12.8. The Morgan fingerprint density at radius 2 is 2.06 bits per heavy atom. The number of hydrogen-bond acceptors (Lipinski definition) is 6. The Labute approximate surface area is 99.2 Å². The molecule has 0 radical (unpaired) electrons. The summed E-state index contributed by atoms with van der Waals surface area (Å²) >= 11 is 0. The number of methoxy groups -OCH3 is 2. The highest BCUT2D eigenvalue weighted by Crippen LogP contribution is 2.16. The molecule has 0 bridgehead atoms. The SMILES string of the molecule is COC(=O)CN(C)c1ncccc1C(=O)OC. The Bertz CT molecular complexity index is 420. The van der Waals surface area contributed by atoms with Gasteiger partial charge >= 0.3 is 11.9 Å². The van der Waals surface area contributed by atoms with E-state index >= 15 is 0 Å². The number of carbonyl (C=O) groups excluding carboxylic acids is 2. The summed E-state index contributed by atoms with van der Waals surface area (Å²) in [6, 6.07) is 3.21. The monoisotopic (exact) mass is 238 g/mol. The first-order valence-electron chi connectivity index (χ1n) is 4.91. The van der Waals surface area contributed by atoms with Crippen molar-refractivity contribution in [3.05, 3.63) is 23.9 Å². The predicted molar refractivity (Wildman–Crippen MR) is 60.9 cm³/mol. The lowest BCUT2D eigenvalue weighted by molar-refractivity contribution is -0.138. The minimum atomic E-state index is -0.496.